The lowest BCUT2D eigenvalue weighted by atomic mass is 9.94. The van der Waals surface area contributed by atoms with E-state index in [1.54, 1.807) is 25.1 Å². The Bertz CT molecular complexity index is 1650. The molecule has 0 aliphatic carbocycles. The molecule has 0 saturated carbocycles. The van der Waals surface area contributed by atoms with Crippen LogP contribution in [-0.2, 0) is 20.7 Å². The molecule has 3 aromatic rings. The Balaban J connectivity index is 1.70. The minimum absolute atomic E-state index is 0.0120. The van der Waals surface area contributed by atoms with E-state index in [-0.39, 0.29) is 50.0 Å². The molecule has 12 heteroatoms. The molecule has 1 fully saturated rings. The van der Waals surface area contributed by atoms with E-state index in [4.69, 9.17) is 14.2 Å². The smallest absolute Gasteiger partial charge is 0.350 e. The van der Waals surface area contributed by atoms with Gasteiger partial charge in [0.05, 0.1) is 28.9 Å². The molecule has 2 aromatic carbocycles. The molecule has 1 amide bonds. The summed E-state index contributed by atoms with van der Waals surface area (Å²) in [5, 5.41) is 22.0. The van der Waals surface area contributed by atoms with Crippen LogP contribution < -0.4 is 14.4 Å². The van der Waals surface area contributed by atoms with E-state index in [9.17, 15) is 24.6 Å². The summed E-state index contributed by atoms with van der Waals surface area (Å²) >= 11 is 4.18. The van der Waals surface area contributed by atoms with Crippen molar-refractivity contribution in [1.82, 2.24) is 4.98 Å². The number of benzene rings is 2. The van der Waals surface area contributed by atoms with Gasteiger partial charge in [0.15, 0.2) is 16.6 Å². The Hall–Kier alpha value is -4.16. The Morgan fingerprint density at radius 1 is 1.32 bits per heavy atom. The first-order chi connectivity index (χ1) is 19.5. The number of carbonyl (C=O) groups is 3. The minimum atomic E-state index is -1.17. The second-order valence-corrected chi connectivity index (χ2v) is 11.3. The summed E-state index contributed by atoms with van der Waals surface area (Å²) in [6.07, 6.45) is 2.02. The van der Waals surface area contributed by atoms with Crippen LogP contribution in [0.2, 0.25) is 0 Å². The van der Waals surface area contributed by atoms with Crippen LogP contribution in [0.4, 0.5) is 5.13 Å². The number of ketones is 1. The van der Waals surface area contributed by atoms with Crippen LogP contribution in [0.3, 0.4) is 0 Å². The van der Waals surface area contributed by atoms with E-state index < -0.39 is 23.7 Å². The average molecular weight is 641 g/mol. The van der Waals surface area contributed by atoms with Gasteiger partial charge in [0.1, 0.15) is 29.1 Å². The summed E-state index contributed by atoms with van der Waals surface area (Å²) in [5.74, 6) is -2.34. The number of hydrogen-bond acceptors (Lipinski definition) is 10. The number of phenols is 1. The lowest BCUT2D eigenvalue weighted by Gasteiger charge is -2.24. The molecule has 41 heavy (non-hydrogen) atoms. The number of aliphatic hydroxyl groups is 1. The molecule has 0 unspecified atom stereocenters. The highest BCUT2D eigenvalue weighted by molar-refractivity contribution is 9.10. The van der Waals surface area contributed by atoms with E-state index in [0.29, 0.717) is 29.0 Å². The first kappa shape index (κ1) is 28.4. The van der Waals surface area contributed by atoms with Crippen molar-refractivity contribution in [2.75, 3.05) is 18.6 Å². The number of carbonyl (C=O) groups excluding carboxylic acids is 3. The highest BCUT2D eigenvalue weighted by Gasteiger charge is 2.49. The number of hydrogen-bond donors (Lipinski definition) is 2. The van der Waals surface area contributed by atoms with Crippen molar-refractivity contribution in [3.63, 3.8) is 0 Å². The van der Waals surface area contributed by atoms with Crippen molar-refractivity contribution in [1.29, 1.82) is 0 Å². The van der Waals surface area contributed by atoms with Gasteiger partial charge in [-0.25, -0.2) is 9.78 Å². The number of halogens is 1. The number of phenolic OH excluding ortho intramolecular Hbond substituents is 1. The van der Waals surface area contributed by atoms with Crippen LogP contribution in [0.5, 0.6) is 17.2 Å². The number of nitrogens with zero attached hydrogens (tertiary/aromatic N) is 2. The van der Waals surface area contributed by atoms with Gasteiger partial charge in [-0.3, -0.25) is 14.5 Å². The fourth-order valence-electron chi connectivity index (χ4n) is 4.85. The Labute approximate surface area is 247 Å². The van der Waals surface area contributed by atoms with E-state index in [2.05, 4.69) is 27.5 Å². The molecule has 2 aliphatic rings. The number of Topliss-reactive ketones (excluding diaryl/α,β-unsaturated/α-hetero) is 1. The Morgan fingerprint density at radius 2 is 2.07 bits per heavy atom. The molecule has 1 saturated heterocycles. The van der Waals surface area contributed by atoms with Crippen LogP contribution in [0, 0.1) is 6.92 Å². The maximum atomic E-state index is 13.6. The average Bonchev–Trinajstić information content (AvgIpc) is 3.60. The van der Waals surface area contributed by atoms with Gasteiger partial charge in [-0.15, -0.1) is 0 Å². The number of aromatic hydroxyl groups is 1. The summed E-state index contributed by atoms with van der Waals surface area (Å²) in [4.78, 5) is 45.5. The van der Waals surface area contributed by atoms with Gasteiger partial charge in [-0.05, 0) is 71.2 Å². The van der Waals surface area contributed by atoms with Crippen LogP contribution >= 0.6 is 27.3 Å². The number of aliphatic hydroxyl groups excluding tert-OH is 1. The van der Waals surface area contributed by atoms with Gasteiger partial charge in [-0.1, -0.05) is 24.0 Å². The number of methoxy groups -OCH3 is 1. The monoisotopic (exact) mass is 640 g/mol. The molecular weight excluding hydrogens is 616 g/mol. The molecule has 2 aliphatic heterocycles. The third-order valence-corrected chi connectivity index (χ3v) is 8.45. The van der Waals surface area contributed by atoms with Gasteiger partial charge in [-0.2, -0.15) is 0 Å². The lowest BCUT2D eigenvalue weighted by molar-refractivity contribution is -0.132. The number of rotatable bonds is 7. The van der Waals surface area contributed by atoms with Crippen LogP contribution in [-0.4, -0.2) is 52.7 Å². The Morgan fingerprint density at radius 3 is 2.78 bits per heavy atom. The van der Waals surface area contributed by atoms with Crippen molar-refractivity contribution in [2.24, 2.45) is 0 Å². The second-order valence-electron chi connectivity index (χ2n) is 9.48. The summed E-state index contributed by atoms with van der Waals surface area (Å²) in [6.45, 7) is 7.04. The number of anilines is 1. The topological polar surface area (TPSA) is 135 Å². The minimum Gasteiger partial charge on any atom is -0.507 e. The van der Waals surface area contributed by atoms with Crippen molar-refractivity contribution < 1.29 is 38.8 Å². The molecule has 2 N–H and O–H groups in total. The Kier molecular flexibility index (Phi) is 7.62. The number of aryl methyl sites for hydroxylation is 1. The summed E-state index contributed by atoms with van der Waals surface area (Å²) in [5.41, 5.74) is 1.65. The number of amides is 1. The van der Waals surface area contributed by atoms with Crippen molar-refractivity contribution >= 4 is 55.8 Å². The largest absolute Gasteiger partial charge is 0.507 e. The fourth-order valence-corrected chi connectivity index (χ4v) is 6.30. The summed E-state index contributed by atoms with van der Waals surface area (Å²) in [6, 6.07) is 6.87. The number of thiazole rings is 1. The molecule has 10 nitrogen and oxygen atoms in total. The SMILES string of the molecule is C=CCOC(=O)c1sc(N2C(=O)C(=O)C(=C(O)c3ccc4c(c3)C[C@H](C)O4)[C@@H]2c2cc(Br)c(O)c(OC)c2)nc1C. The zero-order chi connectivity index (χ0) is 29.6. The molecule has 0 radical (unpaired) electrons. The first-order valence-corrected chi connectivity index (χ1v) is 14.1. The van der Waals surface area contributed by atoms with E-state index in [1.807, 2.05) is 6.92 Å². The van der Waals surface area contributed by atoms with E-state index in [1.165, 1.54) is 25.3 Å². The molecule has 3 heterocycles. The van der Waals surface area contributed by atoms with E-state index >= 15 is 0 Å². The molecule has 5 rings (SSSR count). The third kappa shape index (κ3) is 4.97. The maximum absolute atomic E-state index is 13.6. The van der Waals surface area contributed by atoms with Crippen LogP contribution in [0.15, 0.2) is 53.0 Å². The van der Waals surface area contributed by atoms with Crippen molar-refractivity contribution in [3.05, 3.63) is 80.3 Å². The first-order valence-electron chi connectivity index (χ1n) is 12.5. The lowest BCUT2D eigenvalue weighted by Crippen LogP contribution is -2.29. The van der Waals surface area contributed by atoms with Crippen molar-refractivity contribution in [2.45, 2.75) is 32.4 Å². The van der Waals surface area contributed by atoms with Gasteiger partial charge in [0.25, 0.3) is 5.78 Å². The van der Waals surface area contributed by atoms with Gasteiger partial charge in [0, 0.05) is 12.0 Å². The number of fused-ring (bicyclic) bond motifs is 1. The van der Waals surface area contributed by atoms with Crippen LogP contribution in [0.25, 0.3) is 5.76 Å². The summed E-state index contributed by atoms with van der Waals surface area (Å²) < 4.78 is 16.5. The molecule has 0 spiro atoms. The zero-order valence-corrected chi connectivity index (χ0v) is 24.7. The predicted molar refractivity (Wildman–Crippen MR) is 155 cm³/mol. The molecule has 0 bridgehead atoms. The molecule has 212 valence electrons. The highest BCUT2D eigenvalue weighted by atomic mass is 79.9. The van der Waals surface area contributed by atoms with Gasteiger partial charge >= 0.3 is 11.9 Å². The predicted octanol–water partition coefficient (Wildman–Crippen LogP) is 5.22. The molecule has 1 aromatic heterocycles. The standard InChI is InChI=1S/C29H25BrN2O8S/c1-5-8-39-28(37)26-14(3)31-29(41-26)32-22(17-11-18(30)24(34)20(12-17)38-4)21(25(35)27(32)36)23(33)15-6-7-19-16(10-15)9-13(2)40-19/h5-7,10-13,22,33-34H,1,8-9H2,2-4H3/t13-,22-/m0/s1. The van der Waals surface area contributed by atoms with Crippen LogP contribution in [0.1, 0.15) is 45.0 Å². The maximum Gasteiger partial charge on any atom is 0.350 e. The normalized spacial score (nSPS) is 19.2. The number of ether oxygens (including phenoxy) is 3. The zero-order valence-electron chi connectivity index (χ0n) is 22.3. The molecular formula is C29H25BrN2O8S. The third-order valence-electron chi connectivity index (χ3n) is 6.71. The van der Waals surface area contributed by atoms with Crippen molar-refractivity contribution in [3.8, 4) is 17.2 Å². The quantitative estimate of drug-likeness (QED) is 0.117. The highest BCUT2D eigenvalue weighted by Crippen LogP contribution is 2.47. The van der Waals surface area contributed by atoms with Gasteiger partial charge < -0.3 is 24.4 Å². The summed E-state index contributed by atoms with van der Waals surface area (Å²) in [7, 11) is 1.36. The second kappa shape index (κ2) is 11.0. The molecule has 2 atom stereocenters. The number of esters is 1. The van der Waals surface area contributed by atoms with E-state index in [0.717, 1.165) is 21.8 Å². The van der Waals surface area contributed by atoms with Gasteiger partial charge in [0.2, 0.25) is 0 Å². The fraction of sp³-hybridized carbons (Fsp3) is 0.241. The number of aromatic nitrogens is 1.